The Balaban J connectivity index is 0.00000242. The van der Waals surface area contributed by atoms with E-state index in [-0.39, 0.29) is 6.99 Å². The average molecular weight is 287 g/mol. The van der Waals surface area contributed by atoms with Crippen LogP contribution in [0.4, 0.5) is 0 Å². The number of hydrogen-bond acceptors (Lipinski definition) is 3. The Morgan fingerprint density at radius 3 is 2.52 bits per heavy atom. The molecule has 0 bridgehead atoms. The minimum absolute atomic E-state index is 0. The second-order valence-electron chi connectivity index (χ2n) is 5.05. The topological polar surface area (TPSA) is 59.2 Å². The Labute approximate surface area is 125 Å². The van der Waals surface area contributed by atoms with E-state index in [1.165, 1.54) is 5.56 Å². The van der Waals surface area contributed by atoms with E-state index in [4.69, 9.17) is 4.74 Å². The molecule has 0 saturated carbocycles. The summed E-state index contributed by atoms with van der Waals surface area (Å²) >= 11 is 0. The van der Waals surface area contributed by atoms with Crippen LogP contribution in [0.25, 0.3) is 0 Å². The Bertz CT molecular complexity index is 705. The maximum Gasteiger partial charge on any atom is 0.339 e. The van der Waals surface area contributed by atoms with E-state index in [1.54, 1.807) is 19.9 Å². The number of carbonyl (C=O) groups is 1. The lowest BCUT2D eigenvalue weighted by molar-refractivity contribution is 0.0524. The molecule has 0 spiro atoms. The third-order valence-corrected chi connectivity index (χ3v) is 3.33. The van der Waals surface area contributed by atoms with Crippen LogP contribution in [-0.2, 0) is 11.2 Å². The summed E-state index contributed by atoms with van der Waals surface area (Å²) in [5, 5.41) is 0. The molecule has 0 fully saturated rings. The standard InChI is InChI=1S/C17H19NO3.H2/c1-4-21-17(20)15-10-14(16(19)18-12(15)3)9-13-7-5-11(2)6-8-13;/h5-8,10H,4,9H2,1-3H3,(H,18,19);1H. The zero-order valence-electron chi connectivity index (χ0n) is 12.5. The van der Waals surface area contributed by atoms with Gasteiger partial charge in [-0.2, -0.15) is 0 Å². The maximum atomic E-state index is 12.0. The molecule has 1 heterocycles. The zero-order valence-corrected chi connectivity index (χ0v) is 12.5. The second-order valence-corrected chi connectivity index (χ2v) is 5.05. The summed E-state index contributed by atoms with van der Waals surface area (Å²) in [5.41, 5.74) is 3.55. The number of H-pyrrole nitrogens is 1. The molecule has 0 radical (unpaired) electrons. The highest BCUT2D eigenvalue weighted by molar-refractivity contribution is 5.90. The summed E-state index contributed by atoms with van der Waals surface area (Å²) in [6, 6.07) is 9.61. The van der Waals surface area contributed by atoms with Crippen LogP contribution in [0.3, 0.4) is 0 Å². The fourth-order valence-electron chi connectivity index (χ4n) is 2.14. The molecule has 112 valence electrons. The van der Waals surface area contributed by atoms with Gasteiger partial charge in [0, 0.05) is 19.1 Å². The van der Waals surface area contributed by atoms with Crippen molar-refractivity contribution in [2.75, 3.05) is 6.61 Å². The Morgan fingerprint density at radius 2 is 1.90 bits per heavy atom. The van der Waals surface area contributed by atoms with E-state index >= 15 is 0 Å². The van der Waals surface area contributed by atoms with Crippen LogP contribution in [-0.4, -0.2) is 17.6 Å². The van der Waals surface area contributed by atoms with Crippen molar-refractivity contribution in [3.8, 4) is 0 Å². The van der Waals surface area contributed by atoms with Crippen molar-refractivity contribution >= 4 is 5.97 Å². The van der Waals surface area contributed by atoms with Crippen molar-refractivity contribution < 1.29 is 11.0 Å². The molecule has 0 aliphatic heterocycles. The lowest BCUT2D eigenvalue weighted by atomic mass is 10.0. The molecule has 0 atom stereocenters. The number of aryl methyl sites for hydroxylation is 2. The average Bonchev–Trinajstić information content (AvgIpc) is 2.44. The molecule has 0 aliphatic rings. The van der Waals surface area contributed by atoms with Crippen molar-refractivity contribution in [1.29, 1.82) is 0 Å². The SMILES string of the molecule is CCOC(=O)c1cc(Cc2ccc(C)cc2)c(=O)[nH]c1C.[HH]. The number of aromatic amines is 1. The number of aromatic nitrogens is 1. The highest BCUT2D eigenvalue weighted by Gasteiger charge is 2.14. The Hall–Kier alpha value is -2.36. The molecule has 1 N–H and O–H groups in total. The van der Waals surface area contributed by atoms with Gasteiger partial charge in [0.15, 0.2) is 0 Å². The number of pyridine rings is 1. The van der Waals surface area contributed by atoms with Gasteiger partial charge in [0.05, 0.1) is 12.2 Å². The van der Waals surface area contributed by atoms with Gasteiger partial charge in [0.25, 0.3) is 5.56 Å². The molecule has 0 saturated heterocycles. The molecule has 4 heteroatoms. The first kappa shape index (κ1) is 15.0. The first-order valence-corrected chi connectivity index (χ1v) is 6.96. The fourth-order valence-corrected chi connectivity index (χ4v) is 2.14. The molecule has 21 heavy (non-hydrogen) atoms. The number of rotatable bonds is 4. The van der Waals surface area contributed by atoms with Crippen LogP contribution < -0.4 is 5.56 Å². The van der Waals surface area contributed by atoms with Crippen molar-refractivity contribution in [1.82, 2.24) is 4.98 Å². The van der Waals surface area contributed by atoms with Crippen LogP contribution in [0.2, 0.25) is 0 Å². The van der Waals surface area contributed by atoms with E-state index in [2.05, 4.69) is 4.98 Å². The molecule has 0 unspecified atom stereocenters. The number of nitrogens with one attached hydrogen (secondary N) is 1. The minimum Gasteiger partial charge on any atom is -0.462 e. The third-order valence-electron chi connectivity index (χ3n) is 3.33. The summed E-state index contributed by atoms with van der Waals surface area (Å²) in [6.07, 6.45) is 0.488. The monoisotopic (exact) mass is 287 g/mol. The van der Waals surface area contributed by atoms with Crippen molar-refractivity contribution in [3.63, 3.8) is 0 Å². The minimum atomic E-state index is -0.406. The van der Waals surface area contributed by atoms with Gasteiger partial charge in [-0.1, -0.05) is 29.8 Å². The van der Waals surface area contributed by atoms with Crippen LogP contribution >= 0.6 is 0 Å². The van der Waals surface area contributed by atoms with Crippen LogP contribution in [0.15, 0.2) is 35.1 Å². The summed E-state index contributed by atoms with van der Waals surface area (Å²) in [5.74, 6) is -0.406. The summed E-state index contributed by atoms with van der Waals surface area (Å²) in [6.45, 7) is 5.78. The van der Waals surface area contributed by atoms with Gasteiger partial charge < -0.3 is 9.72 Å². The van der Waals surface area contributed by atoms with Gasteiger partial charge in [-0.3, -0.25) is 4.79 Å². The van der Waals surface area contributed by atoms with E-state index in [0.717, 1.165) is 5.56 Å². The zero-order chi connectivity index (χ0) is 15.4. The lowest BCUT2D eigenvalue weighted by Gasteiger charge is -2.08. The van der Waals surface area contributed by atoms with E-state index < -0.39 is 5.97 Å². The first-order chi connectivity index (χ1) is 10.0. The second kappa shape index (κ2) is 6.39. The number of esters is 1. The van der Waals surface area contributed by atoms with Crippen molar-refractivity contribution in [2.45, 2.75) is 27.2 Å². The Kier molecular flexibility index (Phi) is 4.58. The van der Waals surface area contributed by atoms with Crippen LogP contribution in [0, 0.1) is 13.8 Å². The molecule has 1 aromatic heterocycles. The summed E-state index contributed by atoms with van der Waals surface area (Å²) < 4.78 is 5.01. The Morgan fingerprint density at radius 1 is 1.24 bits per heavy atom. The fraction of sp³-hybridized carbons (Fsp3) is 0.294. The van der Waals surface area contributed by atoms with Crippen molar-refractivity contribution in [2.24, 2.45) is 0 Å². The normalized spacial score (nSPS) is 10.4. The number of carbonyl (C=O) groups excluding carboxylic acids is 1. The predicted molar refractivity (Wildman–Crippen MR) is 83.9 cm³/mol. The quantitative estimate of drug-likeness (QED) is 0.879. The highest BCUT2D eigenvalue weighted by atomic mass is 16.5. The largest absolute Gasteiger partial charge is 0.462 e. The first-order valence-electron chi connectivity index (χ1n) is 6.96. The van der Waals surface area contributed by atoms with Gasteiger partial charge in [0.2, 0.25) is 0 Å². The molecule has 4 nitrogen and oxygen atoms in total. The van der Waals surface area contributed by atoms with Crippen LogP contribution in [0.1, 0.15) is 41.1 Å². The molecule has 2 aromatic rings. The number of benzene rings is 1. The molecule has 0 amide bonds. The highest BCUT2D eigenvalue weighted by Crippen LogP contribution is 2.12. The van der Waals surface area contributed by atoms with Gasteiger partial charge in [-0.25, -0.2) is 4.79 Å². The van der Waals surface area contributed by atoms with Gasteiger partial charge >= 0.3 is 5.97 Å². The summed E-state index contributed by atoms with van der Waals surface area (Å²) in [4.78, 5) is 26.6. The smallest absolute Gasteiger partial charge is 0.339 e. The van der Waals surface area contributed by atoms with Crippen molar-refractivity contribution in [3.05, 3.63) is 68.6 Å². The van der Waals surface area contributed by atoms with E-state index in [9.17, 15) is 9.59 Å². The predicted octanol–water partition coefficient (Wildman–Crippen LogP) is 3.01. The third kappa shape index (κ3) is 3.60. The molecule has 0 aliphatic carbocycles. The van der Waals surface area contributed by atoms with Gasteiger partial charge in [0.1, 0.15) is 0 Å². The summed E-state index contributed by atoms with van der Waals surface area (Å²) in [7, 11) is 0. The maximum absolute atomic E-state index is 12.0. The van der Waals surface area contributed by atoms with Crippen LogP contribution in [0.5, 0.6) is 0 Å². The molecule has 1 aromatic carbocycles. The van der Waals surface area contributed by atoms with E-state index in [1.807, 2.05) is 31.2 Å². The van der Waals surface area contributed by atoms with Gasteiger partial charge in [-0.15, -0.1) is 0 Å². The van der Waals surface area contributed by atoms with E-state index in [0.29, 0.717) is 29.8 Å². The lowest BCUT2D eigenvalue weighted by Crippen LogP contribution is -2.19. The molecular weight excluding hydrogens is 266 g/mol. The van der Waals surface area contributed by atoms with Gasteiger partial charge in [-0.05, 0) is 32.4 Å². The molecule has 2 rings (SSSR count). The molecular formula is C17H21NO3. The number of ether oxygens (including phenoxy) is 1. The number of hydrogen-bond donors (Lipinski definition) is 1.